The highest BCUT2D eigenvalue weighted by Crippen LogP contribution is 2.44. The maximum atomic E-state index is 12.0. The number of halogens is 1. The Balaban J connectivity index is 2.00. The Hall–Kier alpha value is -1.75. The number of carboxylic acid groups (broad SMARTS) is 1. The van der Waals surface area contributed by atoms with Crippen LogP contribution in [-0.4, -0.2) is 41.6 Å². The quantitative estimate of drug-likeness (QED) is 0.845. The van der Waals surface area contributed by atoms with Gasteiger partial charge < -0.3 is 15.3 Å². The summed E-state index contributed by atoms with van der Waals surface area (Å²) in [5, 5.41) is 12.7. The molecule has 1 saturated carbocycles. The van der Waals surface area contributed by atoms with E-state index in [1.807, 2.05) is 19.1 Å². The number of carbonyl (C=O) groups excluding carboxylic acids is 1. The first kappa shape index (κ1) is 16.6. The largest absolute Gasteiger partial charge is 0.465 e. The fourth-order valence-corrected chi connectivity index (χ4v) is 2.36. The summed E-state index contributed by atoms with van der Waals surface area (Å²) in [7, 11) is 1.52. The Morgan fingerprint density at radius 2 is 1.95 bits per heavy atom. The first-order valence-electron chi connectivity index (χ1n) is 7.30. The van der Waals surface area contributed by atoms with Crippen molar-refractivity contribution in [2.75, 3.05) is 13.6 Å². The second kappa shape index (κ2) is 6.57. The Bertz CT molecular complexity index is 555. The predicted molar refractivity (Wildman–Crippen MR) is 85.1 cm³/mol. The fourth-order valence-electron chi connectivity index (χ4n) is 2.23. The third-order valence-corrected chi connectivity index (χ3v) is 4.53. The van der Waals surface area contributed by atoms with Crippen molar-refractivity contribution in [2.24, 2.45) is 5.41 Å². The number of nitrogens with zero attached hydrogens (tertiary/aromatic N) is 1. The van der Waals surface area contributed by atoms with Crippen molar-refractivity contribution in [3.8, 4) is 0 Å². The molecule has 1 fully saturated rings. The molecule has 2 rings (SSSR count). The molecule has 1 unspecified atom stereocenters. The van der Waals surface area contributed by atoms with Crippen molar-refractivity contribution < 1.29 is 14.7 Å². The number of hydrogen-bond donors (Lipinski definition) is 2. The molecular weight excluding hydrogens is 304 g/mol. The van der Waals surface area contributed by atoms with Gasteiger partial charge in [0.05, 0.1) is 6.04 Å². The molecule has 1 aromatic carbocycles. The third-order valence-electron chi connectivity index (χ3n) is 4.28. The van der Waals surface area contributed by atoms with Gasteiger partial charge in [0.2, 0.25) is 5.91 Å². The summed E-state index contributed by atoms with van der Waals surface area (Å²) < 4.78 is 0. The minimum absolute atomic E-state index is 0.00685. The molecule has 0 bridgehead atoms. The Kier molecular flexibility index (Phi) is 4.96. The van der Waals surface area contributed by atoms with Gasteiger partial charge in [0.1, 0.15) is 0 Å². The number of nitrogens with one attached hydrogen (secondary N) is 1. The summed E-state index contributed by atoms with van der Waals surface area (Å²) in [6.45, 7) is 2.23. The summed E-state index contributed by atoms with van der Waals surface area (Å²) in [4.78, 5) is 24.5. The van der Waals surface area contributed by atoms with Gasteiger partial charge in [0.25, 0.3) is 0 Å². The van der Waals surface area contributed by atoms with Gasteiger partial charge in [-0.1, -0.05) is 30.7 Å². The molecule has 2 amide bonds. The molecule has 1 aliphatic rings. The van der Waals surface area contributed by atoms with Crippen LogP contribution in [0.5, 0.6) is 0 Å². The predicted octanol–water partition coefficient (Wildman–Crippen LogP) is 2.78. The van der Waals surface area contributed by atoms with Crippen LogP contribution in [0.4, 0.5) is 4.79 Å². The maximum Gasteiger partial charge on any atom is 0.407 e. The zero-order valence-electron chi connectivity index (χ0n) is 12.8. The molecule has 0 saturated heterocycles. The van der Waals surface area contributed by atoms with Gasteiger partial charge in [0, 0.05) is 24.0 Å². The van der Waals surface area contributed by atoms with Crippen molar-refractivity contribution in [1.29, 1.82) is 0 Å². The van der Waals surface area contributed by atoms with E-state index in [1.165, 1.54) is 11.9 Å². The van der Waals surface area contributed by atoms with E-state index >= 15 is 0 Å². The van der Waals surface area contributed by atoms with E-state index in [2.05, 4.69) is 5.32 Å². The topological polar surface area (TPSA) is 69.6 Å². The van der Waals surface area contributed by atoms with E-state index in [0.717, 1.165) is 18.4 Å². The number of amides is 2. The molecule has 1 aromatic rings. The number of carbonyl (C=O) groups is 2. The lowest BCUT2D eigenvalue weighted by molar-refractivity contribution is -0.125. The number of likely N-dealkylation sites (N-methyl/N-ethyl adjacent to an activating group) is 1. The third kappa shape index (κ3) is 4.13. The smallest absolute Gasteiger partial charge is 0.407 e. The summed E-state index contributed by atoms with van der Waals surface area (Å²) >= 11 is 5.86. The van der Waals surface area contributed by atoms with Gasteiger partial charge in [-0.05, 0) is 37.0 Å². The van der Waals surface area contributed by atoms with Gasteiger partial charge in [-0.25, -0.2) is 4.79 Å². The van der Waals surface area contributed by atoms with Crippen LogP contribution in [0.25, 0.3) is 0 Å². The number of benzene rings is 1. The number of rotatable bonds is 6. The molecule has 120 valence electrons. The fraction of sp³-hybridized carbons (Fsp3) is 0.500. The molecule has 1 atom stereocenters. The normalized spacial score (nSPS) is 16.7. The van der Waals surface area contributed by atoms with Crippen molar-refractivity contribution >= 4 is 23.6 Å². The molecule has 2 N–H and O–H groups in total. The van der Waals surface area contributed by atoms with E-state index < -0.39 is 6.09 Å². The second-order valence-electron chi connectivity index (χ2n) is 6.15. The van der Waals surface area contributed by atoms with Crippen LogP contribution >= 0.6 is 11.6 Å². The second-order valence-corrected chi connectivity index (χ2v) is 6.59. The first-order chi connectivity index (χ1) is 10.3. The van der Waals surface area contributed by atoms with E-state index in [-0.39, 0.29) is 17.4 Å². The van der Waals surface area contributed by atoms with Crippen LogP contribution in [0.1, 0.15) is 25.3 Å². The average Bonchev–Trinajstić information content (AvgIpc) is 3.23. The molecule has 1 aliphatic carbocycles. The minimum atomic E-state index is -1.01. The molecular formula is C16H21ClN2O3. The molecule has 22 heavy (non-hydrogen) atoms. The summed E-state index contributed by atoms with van der Waals surface area (Å²) in [5.41, 5.74) is 0.724. The van der Waals surface area contributed by atoms with Gasteiger partial charge >= 0.3 is 6.09 Å². The Labute approximate surface area is 135 Å². The first-order valence-corrected chi connectivity index (χ1v) is 7.68. The van der Waals surface area contributed by atoms with Crippen LogP contribution < -0.4 is 5.32 Å². The standard InChI is InChI=1S/C16H21ClN2O3/c1-16(7-8-16)14(20)18-10-13(19(2)15(21)22)9-11-3-5-12(17)6-4-11/h3-6,13H,7-10H2,1-2H3,(H,18,20)(H,21,22). The van der Waals surface area contributed by atoms with Crippen LogP contribution in [0.2, 0.25) is 5.02 Å². The van der Waals surface area contributed by atoms with E-state index in [4.69, 9.17) is 11.6 Å². The monoisotopic (exact) mass is 324 g/mol. The van der Waals surface area contributed by atoms with Crippen molar-refractivity contribution in [2.45, 2.75) is 32.2 Å². The average molecular weight is 325 g/mol. The minimum Gasteiger partial charge on any atom is -0.465 e. The zero-order valence-corrected chi connectivity index (χ0v) is 13.6. The molecule has 0 heterocycles. The molecule has 6 heteroatoms. The maximum absolute atomic E-state index is 12.0. The lowest BCUT2D eigenvalue weighted by Crippen LogP contribution is -2.46. The summed E-state index contributed by atoms with van der Waals surface area (Å²) in [6.07, 6.45) is 1.31. The summed E-state index contributed by atoms with van der Waals surface area (Å²) in [5.74, 6) is 0.00685. The molecule has 0 aliphatic heterocycles. The molecule has 0 spiro atoms. The molecule has 5 nitrogen and oxygen atoms in total. The van der Waals surface area contributed by atoms with Crippen molar-refractivity contribution in [3.05, 3.63) is 34.9 Å². The number of hydrogen-bond acceptors (Lipinski definition) is 2. The van der Waals surface area contributed by atoms with Crippen LogP contribution in [0, 0.1) is 5.41 Å². The lowest BCUT2D eigenvalue weighted by atomic mass is 10.0. The lowest BCUT2D eigenvalue weighted by Gasteiger charge is -2.26. The zero-order chi connectivity index (χ0) is 16.3. The van der Waals surface area contributed by atoms with Crippen LogP contribution in [0.15, 0.2) is 24.3 Å². The molecule has 0 aromatic heterocycles. The van der Waals surface area contributed by atoms with Gasteiger partial charge in [-0.15, -0.1) is 0 Å². The molecule has 0 radical (unpaired) electrons. The van der Waals surface area contributed by atoms with E-state index in [1.54, 1.807) is 12.1 Å². The van der Waals surface area contributed by atoms with E-state index in [0.29, 0.717) is 18.0 Å². The van der Waals surface area contributed by atoms with Crippen molar-refractivity contribution in [3.63, 3.8) is 0 Å². The van der Waals surface area contributed by atoms with Crippen molar-refractivity contribution in [1.82, 2.24) is 10.2 Å². The van der Waals surface area contributed by atoms with Gasteiger partial charge in [-0.2, -0.15) is 0 Å². The Morgan fingerprint density at radius 1 is 1.36 bits per heavy atom. The summed E-state index contributed by atoms with van der Waals surface area (Å²) in [6, 6.07) is 6.98. The highest BCUT2D eigenvalue weighted by atomic mass is 35.5. The Morgan fingerprint density at radius 3 is 2.45 bits per heavy atom. The van der Waals surface area contributed by atoms with Gasteiger partial charge in [0.15, 0.2) is 0 Å². The van der Waals surface area contributed by atoms with Crippen LogP contribution in [0.3, 0.4) is 0 Å². The van der Waals surface area contributed by atoms with Gasteiger partial charge in [-0.3, -0.25) is 4.79 Å². The SMILES string of the molecule is CN(C(=O)O)C(CNC(=O)C1(C)CC1)Cc1ccc(Cl)cc1. The highest BCUT2D eigenvalue weighted by Gasteiger charge is 2.44. The van der Waals surface area contributed by atoms with E-state index in [9.17, 15) is 14.7 Å². The van der Waals surface area contributed by atoms with Crippen LogP contribution in [-0.2, 0) is 11.2 Å². The highest BCUT2D eigenvalue weighted by molar-refractivity contribution is 6.30.